The number of esters is 2. The van der Waals surface area contributed by atoms with Crippen molar-refractivity contribution in [3.8, 4) is 28.7 Å². The Kier molecular flexibility index (Phi) is 6.61. The molecule has 242 valence electrons. The van der Waals surface area contributed by atoms with Crippen LogP contribution in [0.15, 0.2) is 24.3 Å². The summed E-state index contributed by atoms with van der Waals surface area (Å²) in [6, 6.07) is 5.95. The fraction of sp³-hybridized carbons (Fsp3) is 0.515. The zero-order chi connectivity index (χ0) is 32.0. The summed E-state index contributed by atoms with van der Waals surface area (Å²) >= 11 is 0. The van der Waals surface area contributed by atoms with Crippen LogP contribution in [0.5, 0.6) is 28.7 Å². The van der Waals surface area contributed by atoms with Crippen LogP contribution in [0.3, 0.4) is 0 Å². The Morgan fingerprint density at radius 2 is 1.43 bits per heavy atom. The number of hydrogen-bond acceptors (Lipinski definition) is 12. The van der Waals surface area contributed by atoms with Crippen molar-refractivity contribution in [2.75, 3.05) is 34.7 Å². The van der Waals surface area contributed by atoms with E-state index in [-0.39, 0.29) is 25.6 Å². The first-order valence-corrected chi connectivity index (χ1v) is 15.4. The highest BCUT2D eigenvalue weighted by Gasteiger charge is 2.64. The maximum absolute atomic E-state index is 13.9. The third-order valence-corrected chi connectivity index (χ3v) is 10.5. The molecule has 5 aliphatic heterocycles. The minimum Gasteiger partial charge on any atom is -0.493 e. The lowest BCUT2D eigenvalue weighted by Gasteiger charge is -2.39. The number of ether oxygens (including phenoxy) is 8. The number of fused-ring (bicyclic) bond motifs is 8. The summed E-state index contributed by atoms with van der Waals surface area (Å²) in [6.45, 7) is 1.51. The molecule has 13 nitrogen and oxygen atoms in total. The first kappa shape index (κ1) is 28.9. The molecule has 4 saturated heterocycles. The highest BCUT2D eigenvalue weighted by molar-refractivity contribution is 6.08. The van der Waals surface area contributed by atoms with Crippen LogP contribution in [0.1, 0.15) is 48.5 Å². The predicted molar refractivity (Wildman–Crippen MR) is 153 cm³/mol. The number of benzene rings is 2. The number of imide groups is 1. The average Bonchev–Trinajstić information content (AvgIpc) is 3.89. The molecule has 0 N–H and O–H groups in total. The molecule has 2 aromatic carbocycles. The molecule has 0 saturated carbocycles. The topological polar surface area (TPSA) is 145 Å². The van der Waals surface area contributed by atoms with Gasteiger partial charge in [-0.15, -0.1) is 0 Å². The number of nitrogens with zero attached hydrogens (tertiary/aromatic N) is 1. The number of carbonyl (C=O) groups is 4. The highest BCUT2D eigenvalue weighted by Crippen LogP contribution is 2.57. The van der Waals surface area contributed by atoms with E-state index >= 15 is 0 Å². The van der Waals surface area contributed by atoms with Crippen LogP contribution in [0, 0.1) is 23.7 Å². The molecule has 1 aliphatic carbocycles. The largest absolute Gasteiger partial charge is 0.493 e. The molecule has 0 radical (unpaired) electrons. The highest BCUT2D eigenvalue weighted by atomic mass is 16.7. The van der Waals surface area contributed by atoms with Gasteiger partial charge in [0.25, 0.3) is 0 Å². The normalized spacial score (nSPS) is 32.1. The second-order valence-corrected chi connectivity index (χ2v) is 12.5. The first-order valence-electron chi connectivity index (χ1n) is 15.4. The number of hydrogen-bond donors (Lipinski definition) is 0. The maximum Gasteiger partial charge on any atom is 0.329 e. The zero-order valence-corrected chi connectivity index (χ0v) is 25.7. The fourth-order valence-corrected chi connectivity index (χ4v) is 8.39. The van der Waals surface area contributed by atoms with Crippen LogP contribution in [0.4, 0.5) is 0 Å². The summed E-state index contributed by atoms with van der Waals surface area (Å²) in [6.07, 6.45) is -0.110. The Morgan fingerprint density at radius 3 is 2.02 bits per heavy atom. The van der Waals surface area contributed by atoms with E-state index in [1.54, 1.807) is 24.3 Å². The van der Waals surface area contributed by atoms with Gasteiger partial charge >= 0.3 is 11.9 Å². The van der Waals surface area contributed by atoms with Crippen molar-refractivity contribution >= 4 is 23.8 Å². The van der Waals surface area contributed by atoms with Gasteiger partial charge in [0, 0.05) is 17.4 Å². The summed E-state index contributed by atoms with van der Waals surface area (Å²) < 4.78 is 45.8. The third kappa shape index (κ3) is 3.96. The second-order valence-electron chi connectivity index (χ2n) is 12.5. The minimum atomic E-state index is -1.17. The van der Waals surface area contributed by atoms with E-state index in [4.69, 9.17) is 37.9 Å². The van der Waals surface area contributed by atoms with Gasteiger partial charge < -0.3 is 37.9 Å². The number of rotatable bonds is 7. The van der Waals surface area contributed by atoms with Crippen molar-refractivity contribution in [1.82, 2.24) is 4.90 Å². The molecule has 46 heavy (non-hydrogen) atoms. The number of likely N-dealkylation sites (tertiary alicyclic amines) is 1. The fourth-order valence-electron chi connectivity index (χ4n) is 8.39. The van der Waals surface area contributed by atoms with E-state index in [1.165, 1.54) is 28.3 Å². The number of carbonyl (C=O) groups excluding carboxylic acids is 4. The van der Waals surface area contributed by atoms with Gasteiger partial charge in [0.1, 0.15) is 12.1 Å². The Bertz CT molecular complexity index is 1620. The molecule has 2 bridgehead atoms. The summed E-state index contributed by atoms with van der Waals surface area (Å²) in [5.41, 5.74) is 1.96. The van der Waals surface area contributed by atoms with E-state index in [1.807, 2.05) is 0 Å². The molecule has 6 unspecified atom stereocenters. The lowest BCUT2D eigenvalue weighted by atomic mass is 9.66. The summed E-state index contributed by atoms with van der Waals surface area (Å²) in [7, 11) is 4.53. The first-order chi connectivity index (χ1) is 22.2. The van der Waals surface area contributed by atoms with Crippen molar-refractivity contribution in [1.29, 1.82) is 0 Å². The van der Waals surface area contributed by atoms with Crippen LogP contribution in [-0.4, -0.2) is 81.6 Å². The van der Waals surface area contributed by atoms with Gasteiger partial charge in [0.15, 0.2) is 23.0 Å². The van der Waals surface area contributed by atoms with E-state index in [2.05, 4.69) is 0 Å². The summed E-state index contributed by atoms with van der Waals surface area (Å²) in [4.78, 5) is 55.2. The molecular formula is C33H33NO12. The zero-order valence-electron chi connectivity index (χ0n) is 25.7. The molecule has 4 fully saturated rings. The van der Waals surface area contributed by atoms with Gasteiger partial charge in [-0.05, 0) is 55.2 Å². The van der Waals surface area contributed by atoms with Gasteiger partial charge in [0.05, 0.1) is 57.9 Å². The molecule has 0 spiro atoms. The maximum atomic E-state index is 13.9. The van der Waals surface area contributed by atoms with Gasteiger partial charge in [-0.25, -0.2) is 4.79 Å². The van der Waals surface area contributed by atoms with Crippen molar-refractivity contribution in [3.63, 3.8) is 0 Å². The van der Waals surface area contributed by atoms with Crippen molar-refractivity contribution in [3.05, 3.63) is 41.0 Å². The van der Waals surface area contributed by atoms with Crippen LogP contribution in [0.25, 0.3) is 0 Å². The SMILES string of the molecule is COc1cc(C2c3cc4c(cc3[C@H](OC(=O)C(C)N3C(=O)C5C6CCC(O6)C5C3=O)[C@H]3COC(=O)[C@H]23)OCO4)cc(OC)c1OC. The third-order valence-electron chi connectivity index (χ3n) is 10.5. The second kappa shape index (κ2) is 10.5. The summed E-state index contributed by atoms with van der Waals surface area (Å²) in [5.74, 6) is -2.90. The molecule has 5 heterocycles. The number of methoxy groups -OCH3 is 3. The van der Waals surface area contributed by atoms with Crippen LogP contribution in [-0.2, 0) is 33.4 Å². The van der Waals surface area contributed by atoms with E-state index < -0.39 is 65.5 Å². The number of amides is 2. The summed E-state index contributed by atoms with van der Waals surface area (Å²) in [5, 5.41) is 0. The minimum absolute atomic E-state index is 0.00292. The van der Waals surface area contributed by atoms with E-state index in [0.717, 1.165) is 17.7 Å². The quantitative estimate of drug-likeness (QED) is 0.326. The molecule has 2 aromatic rings. The monoisotopic (exact) mass is 635 g/mol. The van der Waals surface area contributed by atoms with E-state index in [9.17, 15) is 19.2 Å². The van der Waals surface area contributed by atoms with Crippen molar-refractivity contribution in [2.45, 2.75) is 50.0 Å². The van der Waals surface area contributed by atoms with Crippen molar-refractivity contribution < 1.29 is 57.1 Å². The average molecular weight is 636 g/mol. The molecule has 0 aromatic heterocycles. The Balaban J connectivity index is 1.18. The molecule has 6 aliphatic rings. The Labute approximate surface area is 263 Å². The van der Waals surface area contributed by atoms with Crippen molar-refractivity contribution in [2.24, 2.45) is 23.7 Å². The van der Waals surface area contributed by atoms with Gasteiger partial charge in [-0.2, -0.15) is 0 Å². The van der Waals surface area contributed by atoms with Gasteiger partial charge in [-0.3, -0.25) is 19.3 Å². The molecule has 13 heteroatoms. The molecule has 2 amide bonds. The van der Waals surface area contributed by atoms with E-state index in [0.29, 0.717) is 45.4 Å². The Hall–Kier alpha value is -4.52. The predicted octanol–water partition coefficient (Wildman–Crippen LogP) is 2.51. The Morgan fingerprint density at radius 1 is 0.826 bits per heavy atom. The smallest absolute Gasteiger partial charge is 0.329 e. The molecule has 9 atom stereocenters. The van der Waals surface area contributed by atoms with Crippen LogP contribution in [0.2, 0.25) is 0 Å². The standard InChI is InChI=1S/C33H33NO12/c1-13(34-30(35)26-18-5-6-19(45-18)27(26)31(34)36)32(37)46-28-16-10-21-20(43-12-44-21)9-15(16)24(25-17(28)11-42-33(25)38)14-7-22(39-2)29(41-4)23(8-14)40-3/h7-10,13,17-19,24-28H,5-6,11-12H2,1-4H3/t13?,17-,18?,19?,24?,25-,26?,27?,28-/m0/s1. The molecular weight excluding hydrogens is 602 g/mol. The van der Waals surface area contributed by atoms with Gasteiger partial charge in [-0.1, -0.05) is 0 Å². The lowest BCUT2D eigenvalue weighted by molar-refractivity contribution is -0.166. The van der Waals surface area contributed by atoms with Crippen LogP contribution >= 0.6 is 0 Å². The molecule has 8 rings (SSSR count). The van der Waals surface area contributed by atoms with Gasteiger partial charge in [0.2, 0.25) is 24.4 Å². The van der Waals surface area contributed by atoms with Crippen LogP contribution < -0.4 is 23.7 Å². The number of cyclic esters (lactones) is 1. The lowest BCUT2D eigenvalue weighted by Crippen LogP contribution is -2.47.